The normalized spacial score (nSPS) is 12.7. The number of fused-ring (bicyclic) bond motifs is 1. The van der Waals surface area contributed by atoms with Crippen molar-refractivity contribution in [2.75, 3.05) is 23.4 Å². The fourth-order valence-corrected chi connectivity index (χ4v) is 2.98. The van der Waals surface area contributed by atoms with Crippen molar-refractivity contribution in [3.05, 3.63) is 53.6 Å². The molecule has 0 radical (unpaired) electrons. The number of anilines is 2. The van der Waals surface area contributed by atoms with Gasteiger partial charge in [-0.15, -0.1) is 0 Å². The van der Waals surface area contributed by atoms with Gasteiger partial charge in [-0.2, -0.15) is 0 Å². The van der Waals surface area contributed by atoms with Crippen LogP contribution in [0.5, 0.6) is 5.75 Å². The summed E-state index contributed by atoms with van der Waals surface area (Å²) in [4.78, 5) is 48.3. The van der Waals surface area contributed by atoms with Crippen molar-refractivity contribution in [3.8, 4) is 5.75 Å². The van der Waals surface area contributed by atoms with Crippen molar-refractivity contribution >= 4 is 34.9 Å². The van der Waals surface area contributed by atoms with Crippen LogP contribution in [0.1, 0.15) is 29.3 Å². The summed E-state index contributed by atoms with van der Waals surface area (Å²) in [7, 11) is 0. The molecule has 8 nitrogen and oxygen atoms in total. The first-order chi connectivity index (χ1) is 13.8. The fraction of sp³-hybridized carbons (Fsp3) is 0.238. The molecule has 8 heteroatoms. The van der Waals surface area contributed by atoms with Crippen LogP contribution >= 0.6 is 0 Å². The highest BCUT2D eigenvalue weighted by atomic mass is 16.5. The molecule has 3 rings (SSSR count). The molecule has 0 aromatic heterocycles. The summed E-state index contributed by atoms with van der Waals surface area (Å²) >= 11 is 0. The number of Topliss-reactive ketones (excluding diaryl/α,β-unsaturated/α-hetero) is 1. The number of nitrogens with zero attached hydrogens (tertiary/aromatic N) is 1. The number of hydrogen-bond acceptors (Lipinski definition) is 5. The lowest BCUT2D eigenvalue weighted by Gasteiger charge is -2.29. The Balaban J connectivity index is 1.64. The third-order valence-electron chi connectivity index (χ3n) is 4.46. The van der Waals surface area contributed by atoms with Crippen molar-refractivity contribution < 1.29 is 29.0 Å². The lowest BCUT2D eigenvalue weighted by molar-refractivity contribution is -0.136. The van der Waals surface area contributed by atoms with Gasteiger partial charge < -0.3 is 20.1 Å². The number of rotatable bonds is 7. The third-order valence-corrected chi connectivity index (χ3v) is 4.46. The quantitative estimate of drug-likeness (QED) is 0.694. The fourth-order valence-electron chi connectivity index (χ4n) is 2.98. The Kier molecular flexibility index (Phi) is 5.92. The second kappa shape index (κ2) is 8.55. The standard InChI is InChI=1S/C21H20N2O6/c1-13(24)15-4-7-18-17(11-15)23(20(26)12-29-18)9-8-19(25)22-16-5-2-14(3-6-16)10-21(27)28/h2-7,11H,8-10,12H2,1H3,(H,22,25)(H,27,28). The minimum atomic E-state index is -0.926. The second-order valence-corrected chi connectivity index (χ2v) is 6.64. The SMILES string of the molecule is CC(=O)c1ccc2c(c1)N(CCC(=O)Nc1ccc(CC(=O)O)cc1)C(=O)CO2. The number of ketones is 1. The number of carbonyl (C=O) groups is 4. The predicted octanol–water partition coefficient (Wildman–Crippen LogP) is 2.27. The Morgan fingerprint density at radius 3 is 2.52 bits per heavy atom. The van der Waals surface area contributed by atoms with Crippen molar-refractivity contribution in [1.82, 2.24) is 0 Å². The molecule has 0 saturated heterocycles. The highest BCUT2D eigenvalue weighted by Crippen LogP contribution is 2.33. The van der Waals surface area contributed by atoms with Gasteiger partial charge in [-0.3, -0.25) is 19.2 Å². The molecule has 0 fully saturated rings. The summed E-state index contributed by atoms with van der Waals surface area (Å²) in [6.45, 7) is 1.45. The van der Waals surface area contributed by atoms with Crippen LogP contribution in [0.15, 0.2) is 42.5 Å². The van der Waals surface area contributed by atoms with Gasteiger partial charge in [0.05, 0.1) is 12.1 Å². The van der Waals surface area contributed by atoms with E-state index in [9.17, 15) is 19.2 Å². The zero-order valence-corrected chi connectivity index (χ0v) is 15.8. The Morgan fingerprint density at radius 1 is 1.14 bits per heavy atom. The number of carboxylic acid groups (broad SMARTS) is 1. The van der Waals surface area contributed by atoms with E-state index in [0.717, 1.165) is 0 Å². The molecule has 1 heterocycles. The van der Waals surface area contributed by atoms with Crippen LogP contribution in [-0.2, 0) is 20.8 Å². The molecule has 150 valence electrons. The molecule has 1 aliphatic heterocycles. The van der Waals surface area contributed by atoms with Gasteiger partial charge in [-0.25, -0.2) is 0 Å². The van der Waals surface area contributed by atoms with Crippen molar-refractivity contribution in [1.29, 1.82) is 0 Å². The van der Waals surface area contributed by atoms with Crippen LogP contribution in [0.4, 0.5) is 11.4 Å². The second-order valence-electron chi connectivity index (χ2n) is 6.64. The van der Waals surface area contributed by atoms with Gasteiger partial charge in [-0.1, -0.05) is 12.1 Å². The van der Waals surface area contributed by atoms with Crippen LogP contribution < -0.4 is 15.0 Å². The van der Waals surface area contributed by atoms with Crippen LogP contribution in [0.2, 0.25) is 0 Å². The maximum atomic E-state index is 12.3. The smallest absolute Gasteiger partial charge is 0.307 e. The Labute approximate surface area is 167 Å². The molecule has 0 aliphatic carbocycles. The van der Waals surface area contributed by atoms with Gasteiger partial charge in [-0.05, 0) is 42.8 Å². The summed E-state index contributed by atoms with van der Waals surface area (Å²) in [6.07, 6.45) is -0.0403. The Bertz CT molecular complexity index is 968. The van der Waals surface area contributed by atoms with Crippen molar-refractivity contribution in [3.63, 3.8) is 0 Å². The van der Waals surface area contributed by atoms with E-state index < -0.39 is 5.97 Å². The number of amides is 2. The molecule has 1 aliphatic rings. The molecule has 0 atom stereocenters. The molecule has 0 unspecified atom stereocenters. The minimum Gasteiger partial charge on any atom is -0.482 e. The topological polar surface area (TPSA) is 113 Å². The van der Waals surface area contributed by atoms with Gasteiger partial charge in [0, 0.05) is 24.2 Å². The molecule has 0 saturated carbocycles. The van der Waals surface area contributed by atoms with E-state index in [2.05, 4.69) is 5.32 Å². The lowest BCUT2D eigenvalue weighted by atomic mass is 10.1. The average Bonchev–Trinajstić information content (AvgIpc) is 2.68. The first-order valence-electron chi connectivity index (χ1n) is 9.02. The van der Waals surface area contributed by atoms with E-state index in [1.54, 1.807) is 42.5 Å². The van der Waals surface area contributed by atoms with E-state index in [0.29, 0.717) is 28.3 Å². The zero-order valence-electron chi connectivity index (χ0n) is 15.8. The molecular weight excluding hydrogens is 376 g/mol. The molecular formula is C21H20N2O6. The maximum Gasteiger partial charge on any atom is 0.307 e. The first kappa shape index (κ1) is 20.1. The summed E-state index contributed by atoms with van der Waals surface area (Å²) in [5.74, 6) is -1.15. The number of benzene rings is 2. The van der Waals surface area contributed by atoms with Crippen LogP contribution in [-0.4, -0.2) is 41.8 Å². The third kappa shape index (κ3) is 4.98. The van der Waals surface area contributed by atoms with Gasteiger partial charge in [0.1, 0.15) is 5.75 Å². The lowest BCUT2D eigenvalue weighted by Crippen LogP contribution is -2.40. The summed E-state index contributed by atoms with van der Waals surface area (Å²) in [5, 5.41) is 11.5. The summed E-state index contributed by atoms with van der Waals surface area (Å²) in [5.41, 5.74) is 2.10. The van der Waals surface area contributed by atoms with Crippen molar-refractivity contribution in [2.45, 2.75) is 19.8 Å². The number of aliphatic carboxylic acids is 1. The highest BCUT2D eigenvalue weighted by molar-refractivity contribution is 6.02. The Morgan fingerprint density at radius 2 is 1.86 bits per heavy atom. The van der Waals surface area contributed by atoms with E-state index in [4.69, 9.17) is 9.84 Å². The van der Waals surface area contributed by atoms with E-state index in [1.165, 1.54) is 11.8 Å². The monoisotopic (exact) mass is 396 g/mol. The van der Waals surface area contributed by atoms with Crippen molar-refractivity contribution in [2.24, 2.45) is 0 Å². The first-order valence-corrected chi connectivity index (χ1v) is 9.02. The number of carboxylic acids is 1. The number of carbonyl (C=O) groups excluding carboxylic acids is 3. The minimum absolute atomic E-state index is 0.0480. The van der Waals surface area contributed by atoms with Crippen LogP contribution in [0.25, 0.3) is 0 Å². The molecule has 2 amide bonds. The van der Waals surface area contributed by atoms with E-state index >= 15 is 0 Å². The zero-order chi connectivity index (χ0) is 21.0. The number of ether oxygens (including phenoxy) is 1. The van der Waals surface area contributed by atoms with Gasteiger partial charge >= 0.3 is 5.97 Å². The molecule has 2 N–H and O–H groups in total. The van der Waals surface area contributed by atoms with Crippen LogP contribution in [0, 0.1) is 0 Å². The summed E-state index contributed by atoms with van der Waals surface area (Å²) in [6, 6.07) is 11.4. The molecule has 29 heavy (non-hydrogen) atoms. The molecule has 0 bridgehead atoms. The highest BCUT2D eigenvalue weighted by Gasteiger charge is 2.26. The van der Waals surface area contributed by atoms with Gasteiger partial charge in [0.2, 0.25) is 5.91 Å². The van der Waals surface area contributed by atoms with E-state index in [-0.39, 0.29) is 43.6 Å². The molecule has 0 spiro atoms. The van der Waals surface area contributed by atoms with Gasteiger partial charge in [0.15, 0.2) is 12.4 Å². The number of hydrogen-bond donors (Lipinski definition) is 2. The Hall–Kier alpha value is -3.68. The average molecular weight is 396 g/mol. The maximum absolute atomic E-state index is 12.3. The molecule has 2 aromatic rings. The largest absolute Gasteiger partial charge is 0.482 e. The summed E-state index contributed by atoms with van der Waals surface area (Å²) < 4.78 is 5.40. The predicted molar refractivity (Wildman–Crippen MR) is 105 cm³/mol. The number of nitrogens with one attached hydrogen (secondary N) is 1. The van der Waals surface area contributed by atoms with Crippen LogP contribution in [0.3, 0.4) is 0 Å². The van der Waals surface area contributed by atoms with Gasteiger partial charge in [0.25, 0.3) is 5.91 Å². The molecule has 2 aromatic carbocycles. The van der Waals surface area contributed by atoms with E-state index in [1.807, 2.05) is 0 Å².